The zero-order chi connectivity index (χ0) is 22.7. The van der Waals surface area contributed by atoms with Crippen LogP contribution in [0, 0.1) is 0 Å². The fraction of sp³-hybridized carbons (Fsp3) is 0.200. The SMILES string of the molecule is CC.CN1C=C(C(=O)Nc2cccc3c2cnn3Cc2ccccc2)N2C=C(Br)C=CC12. The molecule has 2 aliphatic rings. The summed E-state index contributed by atoms with van der Waals surface area (Å²) in [6.45, 7) is 4.68. The first-order chi connectivity index (χ1) is 15.6. The second-order valence-corrected chi connectivity index (χ2v) is 8.27. The number of carbonyl (C=O) groups is 1. The van der Waals surface area contributed by atoms with Gasteiger partial charge in [-0.25, -0.2) is 0 Å². The van der Waals surface area contributed by atoms with Crippen LogP contribution in [0.15, 0.2) is 89.5 Å². The molecule has 6 nitrogen and oxygen atoms in total. The van der Waals surface area contributed by atoms with Crippen LogP contribution < -0.4 is 5.32 Å². The van der Waals surface area contributed by atoms with Crippen LogP contribution in [0.3, 0.4) is 0 Å². The molecule has 1 N–H and O–H groups in total. The van der Waals surface area contributed by atoms with Crippen molar-refractivity contribution in [1.82, 2.24) is 19.6 Å². The highest BCUT2D eigenvalue weighted by Crippen LogP contribution is 2.31. The molecule has 1 atom stereocenters. The third-order valence-electron chi connectivity index (χ3n) is 5.34. The maximum absolute atomic E-state index is 13.1. The molecule has 3 heterocycles. The van der Waals surface area contributed by atoms with Crippen LogP contribution in [0.2, 0.25) is 0 Å². The number of nitrogens with one attached hydrogen (secondary N) is 1. The minimum absolute atomic E-state index is 0.0106. The van der Waals surface area contributed by atoms with E-state index >= 15 is 0 Å². The van der Waals surface area contributed by atoms with Crippen LogP contribution in [0.25, 0.3) is 10.9 Å². The zero-order valence-electron chi connectivity index (χ0n) is 18.4. The standard InChI is InChI=1S/C23H20BrN5O.C2H6/c1-27-15-21(28-14-17(24)10-11-22(27)28)23(30)26-19-8-5-9-20-18(19)12-25-29(20)13-16-6-3-2-4-7-16;1-2/h2-12,14-15,22H,13H2,1H3,(H,26,30);1-2H3. The molecule has 2 aromatic carbocycles. The first-order valence-corrected chi connectivity index (χ1v) is 11.5. The number of halogens is 1. The number of likely N-dealkylation sites (N-methyl/N-ethyl adjacent to an activating group) is 1. The topological polar surface area (TPSA) is 53.4 Å². The van der Waals surface area contributed by atoms with E-state index in [0.29, 0.717) is 12.2 Å². The van der Waals surface area contributed by atoms with Gasteiger partial charge in [-0.05, 0) is 45.8 Å². The predicted molar refractivity (Wildman–Crippen MR) is 133 cm³/mol. The first-order valence-electron chi connectivity index (χ1n) is 10.7. The molecule has 2 aliphatic heterocycles. The molecular formula is C25H26BrN5O. The van der Waals surface area contributed by atoms with Crippen LogP contribution in [0.1, 0.15) is 19.4 Å². The Morgan fingerprint density at radius 1 is 1.09 bits per heavy atom. The summed E-state index contributed by atoms with van der Waals surface area (Å²) in [4.78, 5) is 17.1. The summed E-state index contributed by atoms with van der Waals surface area (Å²) in [5.74, 6) is -0.153. The van der Waals surface area contributed by atoms with Crippen molar-refractivity contribution >= 4 is 38.4 Å². The lowest BCUT2D eigenvalue weighted by Gasteiger charge is -2.29. The van der Waals surface area contributed by atoms with Gasteiger partial charge in [0.05, 0.1) is 23.9 Å². The maximum atomic E-state index is 13.1. The van der Waals surface area contributed by atoms with Crippen LogP contribution in [-0.2, 0) is 11.3 Å². The van der Waals surface area contributed by atoms with E-state index in [4.69, 9.17) is 0 Å². The molecule has 0 fully saturated rings. The molecule has 1 aromatic heterocycles. The number of anilines is 1. The Hall–Kier alpha value is -3.32. The predicted octanol–water partition coefficient (Wildman–Crippen LogP) is 5.27. The van der Waals surface area contributed by atoms with E-state index < -0.39 is 0 Å². The summed E-state index contributed by atoms with van der Waals surface area (Å²) in [6.07, 6.45) is 9.66. The highest BCUT2D eigenvalue weighted by atomic mass is 79.9. The van der Waals surface area contributed by atoms with Gasteiger partial charge in [0, 0.05) is 29.3 Å². The van der Waals surface area contributed by atoms with E-state index in [2.05, 4.69) is 44.6 Å². The van der Waals surface area contributed by atoms with Crippen LogP contribution in [0.5, 0.6) is 0 Å². The lowest BCUT2D eigenvalue weighted by atomic mass is 10.2. The quantitative estimate of drug-likeness (QED) is 0.539. The van der Waals surface area contributed by atoms with E-state index in [0.717, 1.165) is 21.1 Å². The Morgan fingerprint density at radius 3 is 2.66 bits per heavy atom. The van der Waals surface area contributed by atoms with E-state index in [1.165, 1.54) is 5.56 Å². The average Bonchev–Trinajstić information content (AvgIpc) is 3.37. The van der Waals surface area contributed by atoms with Gasteiger partial charge in [-0.3, -0.25) is 9.48 Å². The third kappa shape index (κ3) is 4.21. The van der Waals surface area contributed by atoms with Gasteiger partial charge >= 0.3 is 0 Å². The second kappa shape index (κ2) is 9.44. The minimum atomic E-state index is -0.153. The van der Waals surface area contributed by atoms with Gasteiger partial charge in [0.1, 0.15) is 11.9 Å². The largest absolute Gasteiger partial charge is 0.355 e. The Kier molecular flexibility index (Phi) is 6.46. The molecule has 0 bridgehead atoms. The molecule has 0 saturated heterocycles. The number of nitrogens with zero attached hydrogens (tertiary/aromatic N) is 4. The van der Waals surface area contributed by atoms with Crippen molar-refractivity contribution in [3.05, 3.63) is 95.0 Å². The van der Waals surface area contributed by atoms with Crippen LogP contribution in [-0.4, -0.2) is 38.7 Å². The fourth-order valence-corrected chi connectivity index (χ4v) is 4.23. The minimum Gasteiger partial charge on any atom is -0.355 e. The molecule has 1 amide bonds. The van der Waals surface area contributed by atoms with Crippen molar-refractivity contribution in [3.8, 4) is 0 Å². The monoisotopic (exact) mass is 491 g/mol. The lowest BCUT2D eigenvalue weighted by molar-refractivity contribution is -0.114. The normalized spacial score (nSPS) is 16.8. The molecule has 1 unspecified atom stereocenters. The molecular weight excluding hydrogens is 466 g/mol. The number of hydrogen-bond donors (Lipinski definition) is 1. The van der Waals surface area contributed by atoms with Gasteiger partial charge in [-0.2, -0.15) is 5.10 Å². The molecule has 3 aromatic rings. The van der Waals surface area contributed by atoms with Gasteiger partial charge in [0.2, 0.25) is 0 Å². The molecule has 7 heteroatoms. The van der Waals surface area contributed by atoms with Crippen molar-refractivity contribution in [2.75, 3.05) is 12.4 Å². The van der Waals surface area contributed by atoms with Crippen LogP contribution in [0.4, 0.5) is 5.69 Å². The number of aromatic nitrogens is 2. The third-order valence-corrected chi connectivity index (χ3v) is 5.81. The number of hydrogen-bond acceptors (Lipinski definition) is 4. The smallest absolute Gasteiger partial charge is 0.273 e. The van der Waals surface area contributed by atoms with Crippen LogP contribution >= 0.6 is 15.9 Å². The summed E-state index contributed by atoms with van der Waals surface area (Å²) in [5, 5.41) is 8.54. The number of benzene rings is 2. The van der Waals surface area contributed by atoms with E-state index in [-0.39, 0.29) is 12.1 Å². The summed E-state index contributed by atoms with van der Waals surface area (Å²) in [7, 11) is 1.96. The van der Waals surface area contributed by atoms with E-state index in [1.807, 2.05) is 96.4 Å². The molecule has 0 aliphatic carbocycles. The van der Waals surface area contributed by atoms with Crippen molar-refractivity contribution in [1.29, 1.82) is 0 Å². The highest BCUT2D eigenvalue weighted by Gasteiger charge is 2.32. The molecule has 164 valence electrons. The summed E-state index contributed by atoms with van der Waals surface area (Å²) in [5.41, 5.74) is 3.50. The first kappa shape index (κ1) is 21.9. The van der Waals surface area contributed by atoms with Crippen molar-refractivity contribution in [2.45, 2.75) is 26.6 Å². The summed E-state index contributed by atoms with van der Waals surface area (Å²) >= 11 is 3.49. The summed E-state index contributed by atoms with van der Waals surface area (Å²) < 4.78 is 2.88. The Balaban J connectivity index is 0.00000119. The maximum Gasteiger partial charge on any atom is 0.273 e. The average molecular weight is 492 g/mol. The number of allylic oxidation sites excluding steroid dienone is 2. The number of amides is 1. The Morgan fingerprint density at radius 2 is 1.88 bits per heavy atom. The molecule has 0 spiro atoms. The summed E-state index contributed by atoms with van der Waals surface area (Å²) in [6, 6.07) is 16.1. The highest BCUT2D eigenvalue weighted by molar-refractivity contribution is 9.11. The van der Waals surface area contributed by atoms with Gasteiger partial charge in [0.15, 0.2) is 0 Å². The zero-order valence-corrected chi connectivity index (χ0v) is 20.0. The number of rotatable bonds is 4. The van der Waals surface area contributed by atoms with Gasteiger partial charge < -0.3 is 15.1 Å². The van der Waals surface area contributed by atoms with Crippen molar-refractivity contribution in [2.24, 2.45) is 0 Å². The van der Waals surface area contributed by atoms with Gasteiger partial charge in [0.25, 0.3) is 5.91 Å². The van der Waals surface area contributed by atoms with Gasteiger partial charge in [-0.15, -0.1) is 0 Å². The lowest BCUT2D eigenvalue weighted by Crippen LogP contribution is -2.36. The number of fused-ring (bicyclic) bond motifs is 2. The number of carbonyl (C=O) groups excluding carboxylic acids is 1. The van der Waals surface area contributed by atoms with Gasteiger partial charge in [-0.1, -0.05) is 50.2 Å². The fourth-order valence-electron chi connectivity index (χ4n) is 3.86. The molecule has 0 radical (unpaired) electrons. The van der Waals surface area contributed by atoms with E-state index in [1.54, 1.807) is 0 Å². The Bertz CT molecular complexity index is 1210. The second-order valence-electron chi connectivity index (χ2n) is 7.35. The molecule has 0 saturated carbocycles. The van der Waals surface area contributed by atoms with Crippen molar-refractivity contribution < 1.29 is 4.79 Å². The van der Waals surface area contributed by atoms with E-state index in [9.17, 15) is 4.79 Å². The Labute approximate surface area is 196 Å². The molecule has 32 heavy (non-hydrogen) atoms. The van der Waals surface area contributed by atoms with Crippen molar-refractivity contribution in [3.63, 3.8) is 0 Å². The molecule has 5 rings (SSSR count).